The van der Waals surface area contributed by atoms with E-state index >= 15 is 0 Å². The number of hydrogen-bond donors (Lipinski definition) is 3. The van der Waals surface area contributed by atoms with Crippen molar-refractivity contribution in [3.63, 3.8) is 0 Å². The third-order valence-corrected chi connectivity index (χ3v) is 5.79. The Hall–Kier alpha value is -2.74. The van der Waals surface area contributed by atoms with Crippen LogP contribution in [0.1, 0.15) is 31.2 Å². The largest absolute Gasteiger partial charge is 0.391 e. The SMILES string of the molecule is O=C(N[C@@H]1CCCC[C@@H]1O)C1=CC(c2ccc(Cl)cc2)=NN(c2cccc(F)c2)C1O. The summed E-state index contributed by atoms with van der Waals surface area (Å²) in [5.74, 6) is -0.986. The highest BCUT2D eigenvalue weighted by Gasteiger charge is 2.33. The second-order valence-electron chi connectivity index (χ2n) is 7.72. The first-order valence-electron chi connectivity index (χ1n) is 10.2. The van der Waals surface area contributed by atoms with Crippen LogP contribution in [0.3, 0.4) is 0 Å². The quantitative estimate of drug-likeness (QED) is 0.676. The van der Waals surface area contributed by atoms with Gasteiger partial charge in [0.15, 0.2) is 6.23 Å². The highest BCUT2D eigenvalue weighted by atomic mass is 35.5. The van der Waals surface area contributed by atoms with Crippen molar-refractivity contribution in [1.82, 2.24) is 5.32 Å². The van der Waals surface area contributed by atoms with Crippen molar-refractivity contribution in [2.75, 3.05) is 5.01 Å². The molecular weight excluding hydrogens is 421 g/mol. The zero-order valence-electron chi connectivity index (χ0n) is 16.7. The van der Waals surface area contributed by atoms with Crippen LogP contribution >= 0.6 is 11.6 Å². The summed E-state index contributed by atoms with van der Waals surface area (Å²) in [7, 11) is 0. The van der Waals surface area contributed by atoms with Gasteiger partial charge in [-0.1, -0.05) is 42.6 Å². The summed E-state index contributed by atoms with van der Waals surface area (Å²) in [4.78, 5) is 13.1. The fourth-order valence-electron chi connectivity index (χ4n) is 3.85. The van der Waals surface area contributed by atoms with Crippen molar-refractivity contribution < 1.29 is 19.4 Å². The van der Waals surface area contributed by atoms with E-state index in [9.17, 15) is 19.4 Å². The highest BCUT2D eigenvalue weighted by Crippen LogP contribution is 2.27. The maximum atomic E-state index is 13.8. The lowest BCUT2D eigenvalue weighted by atomic mass is 9.92. The molecule has 1 heterocycles. The van der Waals surface area contributed by atoms with E-state index in [2.05, 4.69) is 10.4 Å². The lowest BCUT2D eigenvalue weighted by Crippen LogP contribution is -2.49. The van der Waals surface area contributed by atoms with Crippen molar-refractivity contribution in [3.05, 3.63) is 76.6 Å². The number of nitrogens with one attached hydrogen (secondary N) is 1. The van der Waals surface area contributed by atoms with Crippen molar-refractivity contribution in [2.24, 2.45) is 5.10 Å². The third-order valence-electron chi connectivity index (χ3n) is 5.54. The maximum Gasteiger partial charge on any atom is 0.252 e. The Kier molecular flexibility index (Phi) is 6.36. The van der Waals surface area contributed by atoms with E-state index in [-0.39, 0.29) is 11.6 Å². The molecule has 1 amide bonds. The Labute approximate surface area is 184 Å². The summed E-state index contributed by atoms with van der Waals surface area (Å²) >= 11 is 5.98. The third kappa shape index (κ3) is 4.79. The van der Waals surface area contributed by atoms with E-state index in [4.69, 9.17) is 11.6 Å². The van der Waals surface area contributed by atoms with E-state index < -0.39 is 24.1 Å². The number of allylic oxidation sites excluding steroid dienone is 1. The average Bonchev–Trinajstić information content (AvgIpc) is 2.76. The van der Waals surface area contributed by atoms with Gasteiger partial charge in [-0.2, -0.15) is 5.10 Å². The predicted molar refractivity (Wildman–Crippen MR) is 117 cm³/mol. The van der Waals surface area contributed by atoms with Gasteiger partial charge < -0.3 is 15.5 Å². The fourth-order valence-corrected chi connectivity index (χ4v) is 3.97. The van der Waals surface area contributed by atoms with Crippen LogP contribution in [-0.4, -0.2) is 40.2 Å². The molecule has 31 heavy (non-hydrogen) atoms. The van der Waals surface area contributed by atoms with Crippen LogP contribution in [0.4, 0.5) is 10.1 Å². The van der Waals surface area contributed by atoms with Gasteiger partial charge >= 0.3 is 0 Å². The number of aliphatic hydroxyl groups is 2. The number of halogens is 2. The maximum absolute atomic E-state index is 13.8. The van der Waals surface area contributed by atoms with Gasteiger partial charge in [0.05, 0.1) is 29.1 Å². The molecule has 6 nitrogen and oxygen atoms in total. The second kappa shape index (κ2) is 9.18. The molecule has 1 aliphatic heterocycles. The first-order chi connectivity index (χ1) is 14.9. The monoisotopic (exact) mass is 443 g/mol. The topological polar surface area (TPSA) is 85.2 Å². The Morgan fingerprint density at radius 3 is 2.58 bits per heavy atom. The number of carbonyl (C=O) groups is 1. The minimum absolute atomic E-state index is 0.0574. The lowest BCUT2D eigenvalue weighted by molar-refractivity contribution is -0.120. The smallest absolute Gasteiger partial charge is 0.252 e. The summed E-state index contributed by atoms with van der Waals surface area (Å²) < 4.78 is 13.8. The lowest BCUT2D eigenvalue weighted by Gasteiger charge is -2.33. The van der Waals surface area contributed by atoms with Crippen LogP contribution in [0.5, 0.6) is 0 Å². The predicted octanol–water partition coefficient (Wildman–Crippen LogP) is 3.37. The summed E-state index contributed by atoms with van der Waals surface area (Å²) in [6.45, 7) is 0. The van der Waals surface area contributed by atoms with Crippen LogP contribution < -0.4 is 10.3 Å². The molecule has 0 radical (unpaired) electrons. The van der Waals surface area contributed by atoms with Crippen molar-refractivity contribution in [1.29, 1.82) is 0 Å². The first-order valence-corrected chi connectivity index (χ1v) is 10.6. The summed E-state index contributed by atoms with van der Waals surface area (Å²) in [5.41, 5.74) is 1.46. The molecular formula is C23H23ClFN3O3. The Balaban J connectivity index is 1.69. The zero-order chi connectivity index (χ0) is 22.0. The average molecular weight is 444 g/mol. The minimum Gasteiger partial charge on any atom is -0.391 e. The summed E-state index contributed by atoms with van der Waals surface area (Å²) in [5, 5.41) is 30.2. The molecule has 2 aromatic rings. The number of hydrazone groups is 1. The molecule has 0 bridgehead atoms. The van der Waals surface area contributed by atoms with E-state index in [0.29, 0.717) is 34.8 Å². The van der Waals surface area contributed by atoms with Gasteiger partial charge in [-0.05, 0) is 49.2 Å². The van der Waals surface area contributed by atoms with E-state index in [1.54, 1.807) is 30.3 Å². The van der Waals surface area contributed by atoms with Gasteiger partial charge in [0, 0.05) is 10.6 Å². The molecule has 1 unspecified atom stereocenters. The van der Waals surface area contributed by atoms with Gasteiger partial charge in [0.25, 0.3) is 5.91 Å². The number of aliphatic hydroxyl groups excluding tert-OH is 2. The first kappa shape index (κ1) is 21.5. The zero-order valence-corrected chi connectivity index (χ0v) is 17.5. The minimum atomic E-state index is -1.42. The molecule has 1 fully saturated rings. The number of anilines is 1. The number of benzene rings is 2. The molecule has 2 aliphatic rings. The summed E-state index contributed by atoms with van der Waals surface area (Å²) in [6, 6.07) is 12.1. The van der Waals surface area contributed by atoms with Crippen LogP contribution in [0, 0.1) is 5.82 Å². The molecule has 8 heteroatoms. The Bertz CT molecular complexity index is 1020. The molecule has 4 rings (SSSR count). The summed E-state index contributed by atoms with van der Waals surface area (Å²) in [6.07, 6.45) is 2.59. The Morgan fingerprint density at radius 1 is 1.13 bits per heavy atom. The molecule has 2 aromatic carbocycles. The van der Waals surface area contributed by atoms with Crippen molar-refractivity contribution >= 4 is 28.9 Å². The number of hydrogen-bond acceptors (Lipinski definition) is 5. The molecule has 0 spiro atoms. The molecule has 0 saturated heterocycles. The highest BCUT2D eigenvalue weighted by molar-refractivity contribution is 6.30. The Morgan fingerprint density at radius 2 is 1.87 bits per heavy atom. The van der Waals surface area contributed by atoms with Gasteiger partial charge in [-0.25, -0.2) is 9.40 Å². The van der Waals surface area contributed by atoms with Crippen LogP contribution in [0.25, 0.3) is 0 Å². The number of rotatable bonds is 4. The van der Waals surface area contributed by atoms with Crippen molar-refractivity contribution in [3.8, 4) is 0 Å². The van der Waals surface area contributed by atoms with Crippen molar-refractivity contribution in [2.45, 2.75) is 44.1 Å². The molecule has 3 atom stereocenters. The van der Waals surface area contributed by atoms with Crippen LogP contribution in [0.15, 0.2) is 65.3 Å². The normalized spacial score (nSPS) is 23.7. The van der Waals surface area contributed by atoms with Gasteiger partial charge in [0.2, 0.25) is 0 Å². The number of carbonyl (C=O) groups excluding carboxylic acids is 1. The van der Waals surface area contributed by atoms with Gasteiger partial charge in [-0.3, -0.25) is 4.79 Å². The fraction of sp³-hybridized carbons (Fsp3) is 0.304. The van der Waals surface area contributed by atoms with E-state index in [0.717, 1.165) is 12.8 Å². The molecule has 3 N–H and O–H groups in total. The van der Waals surface area contributed by atoms with Crippen LogP contribution in [-0.2, 0) is 4.79 Å². The molecule has 1 saturated carbocycles. The van der Waals surface area contributed by atoms with Gasteiger partial charge in [-0.15, -0.1) is 0 Å². The number of amides is 1. The van der Waals surface area contributed by atoms with E-state index in [1.807, 2.05) is 0 Å². The second-order valence-corrected chi connectivity index (χ2v) is 8.16. The van der Waals surface area contributed by atoms with E-state index in [1.165, 1.54) is 29.3 Å². The molecule has 1 aliphatic carbocycles. The number of nitrogens with zero attached hydrogens (tertiary/aromatic N) is 2. The van der Waals surface area contributed by atoms with Crippen LogP contribution in [0.2, 0.25) is 5.02 Å². The molecule has 162 valence electrons. The molecule has 0 aromatic heterocycles. The standard InChI is InChI=1S/C23H23ClFN3O3/c24-15-10-8-14(9-11-15)20-13-18(22(30)26-19-6-1-2-7-21(19)29)23(31)28(27-20)17-5-3-4-16(25)12-17/h3-5,8-13,19,21,23,29,31H,1-2,6-7H2,(H,26,30)/t19-,21+,23?/m1/s1. The van der Waals surface area contributed by atoms with Gasteiger partial charge in [0.1, 0.15) is 5.82 Å².